The molecule has 0 N–H and O–H groups in total. The van der Waals surface area contributed by atoms with E-state index in [1.165, 1.54) is 24.3 Å². The van der Waals surface area contributed by atoms with Crippen molar-refractivity contribution in [3.63, 3.8) is 0 Å². The minimum Gasteiger partial charge on any atom is -0.429 e. The number of rotatable bonds is 6. The summed E-state index contributed by atoms with van der Waals surface area (Å²) >= 11 is 0.107. The van der Waals surface area contributed by atoms with Gasteiger partial charge >= 0.3 is 65.1 Å². The van der Waals surface area contributed by atoms with Gasteiger partial charge in [-0.05, 0) is 12.1 Å². The average molecular weight is 435 g/mol. The molecule has 0 amide bonds. The van der Waals surface area contributed by atoms with Gasteiger partial charge in [0, 0.05) is 12.1 Å². The summed E-state index contributed by atoms with van der Waals surface area (Å²) in [7, 11) is 1.75. The van der Waals surface area contributed by atoms with Gasteiger partial charge in [-0.15, -0.1) is 0 Å². The van der Waals surface area contributed by atoms with Crippen molar-refractivity contribution >= 4 is 32.6 Å². The van der Waals surface area contributed by atoms with Gasteiger partial charge in [-0.2, -0.15) is 0 Å². The van der Waals surface area contributed by atoms with E-state index in [0.717, 1.165) is 13.0 Å². The molecule has 0 aliphatic rings. The first-order chi connectivity index (χ1) is 11.2. The smallest absolute Gasteiger partial charge is 0.298 e. The van der Waals surface area contributed by atoms with Gasteiger partial charge in [-0.25, -0.2) is 0 Å². The van der Waals surface area contributed by atoms with Gasteiger partial charge in [0.25, 0.3) is 12.2 Å². The molecule has 0 spiro atoms. The van der Waals surface area contributed by atoms with Crippen LogP contribution in [0.25, 0.3) is 0 Å². The quantitative estimate of drug-likeness (QED) is 0.302. The first-order valence-electron chi connectivity index (χ1n) is 7.03. The van der Waals surface area contributed by atoms with E-state index < -0.39 is 4.92 Å². The minimum atomic E-state index is -0.523. The third-order valence-corrected chi connectivity index (χ3v) is 5.04. The molecule has 6 nitrogen and oxygen atoms in total. The van der Waals surface area contributed by atoms with Gasteiger partial charge in [0.1, 0.15) is 5.75 Å². The Labute approximate surface area is 145 Å². The number of hydrogen-bond donors (Lipinski definition) is 0. The molecule has 2 rings (SSSR count). The fourth-order valence-electron chi connectivity index (χ4n) is 1.36. The fourth-order valence-corrected chi connectivity index (χ4v) is 3.33. The van der Waals surface area contributed by atoms with E-state index in [-0.39, 0.29) is 38.3 Å². The van der Waals surface area contributed by atoms with E-state index in [4.69, 9.17) is 4.74 Å². The number of nitrogens with zero attached hydrogens (tertiary/aromatic N) is 1. The summed E-state index contributed by atoms with van der Waals surface area (Å²) in [5.41, 5.74) is -0.0340. The molecule has 0 aliphatic carbocycles. The van der Waals surface area contributed by atoms with Crippen molar-refractivity contribution in [3.8, 4) is 5.75 Å². The van der Waals surface area contributed by atoms with Crippen LogP contribution < -0.4 is 4.74 Å². The second-order valence-corrected chi connectivity index (χ2v) is 6.73. The predicted octanol–water partition coefficient (Wildman–Crippen LogP) is 3.09. The van der Waals surface area contributed by atoms with Gasteiger partial charge in [-0.3, -0.25) is 14.9 Å². The van der Waals surface area contributed by atoms with E-state index in [1.807, 2.05) is 13.8 Å². The Morgan fingerprint density at radius 3 is 2.30 bits per heavy atom. The molecule has 0 atom stereocenters. The molecule has 0 radical (unpaired) electrons. The maximum Gasteiger partial charge on any atom is 0.298 e. The number of hydrogen-bond acceptors (Lipinski definition) is 5. The van der Waals surface area contributed by atoms with Crippen molar-refractivity contribution in [3.05, 3.63) is 54.2 Å². The van der Waals surface area contributed by atoms with Crippen LogP contribution in [-0.4, -0.2) is 45.5 Å². The Morgan fingerprint density at radius 1 is 1.22 bits per heavy atom. The maximum atomic E-state index is 10.2. The van der Waals surface area contributed by atoms with Crippen molar-refractivity contribution < 1.29 is 19.2 Å². The summed E-state index contributed by atoms with van der Waals surface area (Å²) in [6.45, 7) is 5.15. The molecular formula is C16H21NO5Te. The standard InChI is InChI=1S/C7H5NO4.C7H10OTe.C2H6/c9-5-12-7-3-1-6(2-4-7)8(10)11;1-8-5-4-7-3-2-6-9-7;1-2/h1-5H;2-3,6H,4-5H2,1H3;1-2H3. The van der Waals surface area contributed by atoms with Gasteiger partial charge in [0.05, 0.1) is 4.92 Å². The molecule has 1 aromatic carbocycles. The van der Waals surface area contributed by atoms with Gasteiger partial charge in [0.2, 0.25) is 0 Å². The number of nitro groups is 1. The van der Waals surface area contributed by atoms with Crippen LogP contribution in [0.5, 0.6) is 5.75 Å². The van der Waals surface area contributed by atoms with E-state index in [2.05, 4.69) is 21.0 Å². The van der Waals surface area contributed by atoms with Crippen LogP contribution in [-0.2, 0) is 16.0 Å². The maximum absolute atomic E-state index is 10.2. The summed E-state index contributed by atoms with van der Waals surface area (Å²) in [6, 6.07) is 9.62. The zero-order valence-corrected chi connectivity index (χ0v) is 15.8. The topological polar surface area (TPSA) is 78.7 Å². The van der Waals surface area contributed by atoms with E-state index in [9.17, 15) is 14.9 Å². The Hall–Kier alpha value is -1.68. The van der Waals surface area contributed by atoms with E-state index >= 15 is 0 Å². The Morgan fingerprint density at radius 2 is 1.87 bits per heavy atom. The molecule has 1 aromatic heterocycles. The van der Waals surface area contributed by atoms with E-state index in [1.54, 1.807) is 10.7 Å². The summed E-state index contributed by atoms with van der Waals surface area (Å²) in [5, 5.41) is 10.2. The third-order valence-electron chi connectivity index (χ3n) is 2.36. The van der Waals surface area contributed by atoms with Crippen molar-refractivity contribution in [2.75, 3.05) is 13.7 Å². The zero-order valence-electron chi connectivity index (χ0n) is 13.4. The third kappa shape index (κ3) is 9.84. The summed E-state index contributed by atoms with van der Waals surface area (Å²) in [6.07, 6.45) is 1.14. The van der Waals surface area contributed by atoms with Crippen molar-refractivity contribution in [2.45, 2.75) is 20.3 Å². The Balaban J connectivity index is 0.000000392. The monoisotopic (exact) mass is 437 g/mol. The normalized spacial score (nSPS) is 8.83. The SMILES string of the molecule is CC.COCCc1ccc[te]1.O=COc1ccc([N+](=O)[O-])cc1. The summed E-state index contributed by atoms with van der Waals surface area (Å²) in [5.74, 6) is 0.288. The molecule has 0 unspecified atom stereocenters. The van der Waals surface area contributed by atoms with Crippen molar-refractivity contribution in [1.82, 2.24) is 0 Å². The number of ether oxygens (including phenoxy) is 2. The number of carbonyl (C=O) groups is 1. The molecule has 2 aromatic rings. The molecule has 7 heteroatoms. The molecule has 0 saturated carbocycles. The molecular weight excluding hydrogens is 414 g/mol. The second-order valence-electron chi connectivity index (χ2n) is 3.79. The van der Waals surface area contributed by atoms with Crippen LogP contribution in [0, 0.1) is 10.1 Å². The number of benzene rings is 1. The second kappa shape index (κ2) is 13.9. The molecule has 126 valence electrons. The largest absolute Gasteiger partial charge is 0.429 e. The number of methoxy groups -OCH3 is 1. The van der Waals surface area contributed by atoms with Crippen LogP contribution in [0.2, 0.25) is 0 Å². The molecule has 0 aliphatic heterocycles. The van der Waals surface area contributed by atoms with Crippen LogP contribution in [0.3, 0.4) is 0 Å². The van der Waals surface area contributed by atoms with Gasteiger partial charge in [0.15, 0.2) is 0 Å². The van der Waals surface area contributed by atoms with Crippen molar-refractivity contribution in [1.29, 1.82) is 0 Å². The molecule has 0 fully saturated rings. The van der Waals surface area contributed by atoms with Gasteiger partial charge in [-0.1, -0.05) is 13.8 Å². The number of nitro benzene ring substituents is 1. The van der Waals surface area contributed by atoms with Crippen LogP contribution in [0.1, 0.15) is 17.4 Å². The Bertz CT molecular complexity index is 540. The van der Waals surface area contributed by atoms with E-state index in [0.29, 0.717) is 0 Å². The molecule has 1 heterocycles. The van der Waals surface area contributed by atoms with Crippen LogP contribution in [0.4, 0.5) is 5.69 Å². The minimum absolute atomic E-state index is 0.0340. The summed E-state index contributed by atoms with van der Waals surface area (Å²) < 4.78 is 13.3. The summed E-state index contributed by atoms with van der Waals surface area (Å²) in [4.78, 5) is 19.5. The average Bonchev–Trinajstić information content (AvgIpc) is 3.10. The molecule has 0 bridgehead atoms. The Kier molecular flexibility index (Phi) is 12.9. The molecule has 23 heavy (non-hydrogen) atoms. The fraction of sp³-hybridized carbons (Fsp3) is 0.312. The first kappa shape index (κ1) is 21.3. The first-order valence-corrected chi connectivity index (χ1v) is 9.54. The van der Waals surface area contributed by atoms with Crippen molar-refractivity contribution in [2.24, 2.45) is 0 Å². The number of non-ortho nitro benzene ring substituents is 1. The van der Waals surface area contributed by atoms with Crippen LogP contribution in [0.15, 0.2) is 40.5 Å². The zero-order chi connectivity index (χ0) is 17.5. The molecule has 0 saturated heterocycles. The van der Waals surface area contributed by atoms with Gasteiger partial charge < -0.3 is 4.74 Å². The predicted molar refractivity (Wildman–Crippen MR) is 90.1 cm³/mol. The number of carbonyl (C=O) groups excluding carboxylic acids is 1. The van der Waals surface area contributed by atoms with Crippen LogP contribution >= 0.6 is 0 Å².